The number of H-pyrrole nitrogens is 1. The first-order chi connectivity index (χ1) is 15.0. The minimum atomic E-state index is -0.245. The average molecular weight is 480 g/mol. The van der Waals surface area contributed by atoms with Gasteiger partial charge in [0.2, 0.25) is 0 Å². The predicted octanol–water partition coefficient (Wildman–Crippen LogP) is 5.72. The number of hydrogen-bond acceptors (Lipinski definition) is 4. The Morgan fingerprint density at radius 2 is 1.87 bits per heavy atom. The molecule has 0 aliphatic carbocycles. The van der Waals surface area contributed by atoms with E-state index in [1.807, 2.05) is 74.5 Å². The number of imidazole rings is 1. The molecule has 1 amide bonds. The van der Waals surface area contributed by atoms with E-state index in [1.54, 1.807) is 0 Å². The van der Waals surface area contributed by atoms with Crippen LogP contribution in [0, 0.1) is 6.92 Å². The molecule has 3 aromatic carbocycles. The molecule has 0 spiro atoms. The number of halogens is 1. The fourth-order valence-electron chi connectivity index (χ4n) is 3.23. The number of fused-ring (bicyclic) bond motifs is 1. The van der Waals surface area contributed by atoms with E-state index in [0.29, 0.717) is 22.6 Å². The third kappa shape index (κ3) is 4.72. The van der Waals surface area contributed by atoms with Crippen LogP contribution in [-0.2, 0) is 4.79 Å². The Morgan fingerprint density at radius 1 is 1.10 bits per heavy atom. The highest BCUT2D eigenvalue weighted by Crippen LogP contribution is 2.39. The lowest BCUT2D eigenvalue weighted by atomic mass is 10.2. The van der Waals surface area contributed by atoms with Crippen molar-refractivity contribution < 1.29 is 14.3 Å². The topological polar surface area (TPSA) is 76.2 Å². The number of carbonyl (C=O) groups excluding carboxylic acids is 1. The first-order valence-corrected chi connectivity index (χ1v) is 10.7. The van der Waals surface area contributed by atoms with Gasteiger partial charge in [-0.05, 0) is 65.7 Å². The number of aryl methyl sites for hydroxylation is 1. The van der Waals surface area contributed by atoms with Crippen molar-refractivity contribution >= 4 is 38.6 Å². The number of aromatic nitrogens is 2. The number of nitrogens with one attached hydrogen (secondary N) is 2. The summed E-state index contributed by atoms with van der Waals surface area (Å²) in [5, 5.41) is 2.87. The van der Waals surface area contributed by atoms with Crippen molar-refractivity contribution in [2.75, 3.05) is 18.5 Å². The highest BCUT2D eigenvalue weighted by atomic mass is 79.9. The molecule has 0 saturated heterocycles. The highest BCUT2D eigenvalue weighted by molar-refractivity contribution is 9.10. The van der Waals surface area contributed by atoms with Gasteiger partial charge in [0.1, 0.15) is 5.82 Å². The zero-order valence-corrected chi connectivity index (χ0v) is 18.8. The number of benzene rings is 3. The molecule has 158 valence electrons. The second kappa shape index (κ2) is 9.22. The zero-order valence-electron chi connectivity index (χ0n) is 17.2. The van der Waals surface area contributed by atoms with Gasteiger partial charge in [-0.15, -0.1) is 0 Å². The van der Waals surface area contributed by atoms with Gasteiger partial charge in [0.05, 0.1) is 22.1 Å². The van der Waals surface area contributed by atoms with Crippen LogP contribution in [0.5, 0.6) is 11.5 Å². The molecule has 2 N–H and O–H groups in total. The standard InChI is InChI=1S/C24H22BrN3O3/c1-3-30-21-13-16(24-27-19-10-6-7-11-20(19)28-24)12-17(25)23(21)31-14-22(29)26-18-9-5-4-8-15(18)2/h4-13H,3,14H2,1-2H3,(H,26,29)(H,27,28). The van der Waals surface area contributed by atoms with Gasteiger partial charge in [-0.2, -0.15) is 0 Å². The first-order valence-electron chi connectivity index (χ1n) is 9.95. The summed E-state index contributed by atoms with van der Waals surface area (Å²) in [5.41, 5.74) is 4.45. The summed E-state index contributed by atoms with van der Waals surface area (Å²) in [6.45, 7) is 4.16. The molecule has 0 bridgehead atoms. The molecule has 0 fully saturated rings. The number of amides is 1. The van der Waals surface area contributed by atoms with Crippen LogP contribution in [0.25, 0.3) is 22.4 Å². The predicted molar refractivity (Wildman–Crippen MR) is 126 cm³/mol. The third-order valence-electron chi connectivity index (χ3n) is 4.74. The lowest BCUT2D eigenvalue weighted by molar-refractivity contribution is -0.118. The van der Waals surface area contributed by atoms with Crippen LogP contribution in [0.2, 0.25) is 0 Å². The van der Waals surface area contributed by atoms with Crippen molar-refractivity contribution in [1.29, 1.82) is 0 Å². The summed E-state index contributed by atoms with van der Waals surface area (Å²) in [6.07, 6.45) is 0. The molecule has 6 nitrogen and oxygen atoms in total. The second-order valence-electron chi connectivity index (χ2n) is 6.97. The van der Waals surface area contributed by atoms with E-state index in [4.69, 9.17) is 9.47 Å². The maximum absolute atomic E-state index is 12.4. The Hall–Kier alpha value is -3.32. The molecule has 1 aromatic heterocycles. The smallest absolute Gasteiger partial charge is 0.262 e. The van der Waals surface area contributed by atoms with E-state index >= 15 is 0 Å². The van der Waals surface area contributed by atoms with E-state index in [0.717, 1.165) is 33.7 Å². The van der Waals surface area contributed by atoms with Gasteiger partial charge in [-0.1, -0.05) is 30.3 Å². The molecular weight excluding hydrogens is 458 g/mol. The fraction of sp³-hybridized carbons (Fsp3) is 0.167. The summed E-state index contributed by atoms with van der Waals surface area (Å²) >= 11 is 3.56. The minimum absolute atomic E-state index is 0.142. The molecule has 0 saturated carbocycles. The van der Waals surface area contributed by atoms with Crippen molar-refractivity contribution in [3.63, 3.8) is 0 Å². The summed E-state index contributed by atoms with van der Waals surface area (Å²) in [7, 11) is 0. The molecule has 0 atom stereocenters. The van der Waals surface area contributed by atoms with Crippen LogP contribution in [0.3, 0.4) is 0 Å². The number of nitrogens with zero attached hydrogens (tertiary/aromatic N) is 1. The largest absolute Gasteiger partial charge is 0.490 e. The van der Waals surface area contributed by atoms with Crippen molar-refractivity contribution in [3.05, 3.63) is 70.7 Å². The Kier molecular flexibility index (Phi) is 6.23. The van der Waals surface area contributed by atoms with Crippen LogP contribution < -0.4 is 14.8 Å². The normalized spacial score (nSPS) is 10.8. The molecule has 4 rings (SSSR count). The Bertz CT molecular complexity index is 1200. The molecule has 0 unspecified atom stereocenters. The minimum Gasteiger partial charge on any atom is -0.490 e. The van der Waals surface area contributed by atoms with Crippen LogP contribution in [0.4, 0.5) is 5.69 Å². The lowest BCUT2D eigenvalue weighted by Gasteiger charge is -2.15. The number of hydrogen-bond donors (Lipinski definition) is 2. The average Bonchev–Trinajstić information content (AvgIpc) is 3.19. The molecule has 1 heterocycles. The Labute approximate surface area is 188 Å². The highest BCUT2D eigenvalue weighted by Gasteiger charge is 2.17. The first kappa shape index (κ1) is 20.9. The van der Waals surface area contributed by atoms with Gasteiger partial charge in [0, 0.05) is 11.3 Å². The van der Waals surface area contributed by atoms with E-state index in [9.17, 15) is 4.79 Å². The SMILES string of the molecule is CCOc1cc(-c2nc3ccccc3[nH]2)cc(Br)c1OCC(=O)Nc1ccccc1C. The molecule has 4 aromatic rings. The van der Waals surface area contributed by atoms with E-state index in [-0.39, 0.29) is 12.5 Å². The van der Waals surface area contributed by atoms with Crippen LogP contribution in [-0.4, -0.2) is 29.1 Å². The van der Waals surface area contributed by atoms with Gasteiger partial charge < -0.3 is 19.8 Å². The second-order valence-corrected chi connectivity index (χ2v) is 7.83. The Morgan fingerprint density at radius 3 is 2.65 bits per heavy atom. The summed E-state index contributed by atoms with van der Waals surface area (Å²) in [6, 6.07) is 19.2. The van der Waals surface area contributed by atoms with Gasteiger partial charge in [-0.25, -0.2) is 4.98 Å². The molecule has 0 aliphatic heterocycles. The van der Waals surface area contributed by atoms with Crippen molar-refractivity contribution in [2.24, 2.45) is 0 Å². The Balaban J connectivity index is 1.56. The number of para-hydroxylation sites is 3. The van der Waals surface area contributed by atoms with E-state index in [1.165, 1.54) is 0 Å². The lowest BCUT2D eigenvalue weighted by Crippen LogP contribution is -2.21. The van der Waals surface area contributed by atoms with Crippen molar-refractivity contribution in [1.82, 2.24) is 9.97 Å². The summed E-state index contributed by atoms with van der Waals surface area (Å²) in [5.74, 6) is 1.49. The molecular formula is C24H22BrN3O3. The fourth-order valence-corrected chi connectivity index (χ4v) is 3.79. The van der Waals surface area contributed by atoms with Gasteiger partial charge in [-0.3, -0.25) is 4.79 Å². The molecule has 0 radical (unpaired) electrons. The van der Waals surface area contributed by atoms with E-state index < -0.39 is 0 Å². The van der Waals surface area contributed by atoms with Gasteiger partial charge in [0.15, 0.2) is 18.1 Å². The van der Waals surface area contributed by atoms with Crippen LogP contribution in [0.15, 0.2) is 65.1 Å². The quantitative estimate of drug-likeness (QED) is 0.355. The molecule has 31 heavy (non-hydrogen) atoms. The van der Waals surface area contributed by atoms with Gasteiger partial charge >= 0.3 is 0 Å². The molecule has 7 heteroatoms. The zero-order chi connectivity index (χ0) is 21.8. The number of ether oxygens (including phenoxy) is 2. The third-order valence-corrected chi connectivity index (χ3v) is 5.33. The van der Waals surface area contributed by atoms with E-state index in [2.05, 4.69) is 31.2 Å². The summed E-state index contributed by atoms with van der Waals surface area (Å²) in [4.78, 5) is 20.4. The number of rotatable bonds is 7. The van der Waals surface area contributed by atoms with Crippen molar-refractivity contribution in [3.8, 4) is 22.9 Å². The maximum atomic E-state index is 12.4. The van der Waals surface area contributed by atoms with Crippen LogP contribution in [0.1, 0.15) is 12.5 Å². The monoisotopic (exact) mass is 479 g/mol. The maximum Gasteiger partial charge on any atom is 0.262 e. The summed E-state index contributed by atoms with van der Waals surface area (Å²) < 4.78 is 12.3. The number of aromatic amines is 1. The number of carbonyl (C=O) groups is 1. The van der Waals surface area contributed by atoms with Crippen molar-refractivity contribution in [2.45, 2.75) is 13.8 Å². The number of anilines is 1. The van der Waals surface area contributed by atoms with Crippen LogP contribution >= 0.6 is 15.9 Å². The molecule has 0 aliphatic rings. The van der Waals surface area contributed by atoms with Gasteiger partial charge in [0.25, 0.3) is 5.91 Å².